The van der Waals surface area contributed by atoms with Gasteiger partial charge in [-0.05, 0) is 30.2 Å². The van der Waals surface area contributed by atoms with Crippen LogP contribution in [0, 0.1) is 0 Å². The van der Waals surface area contributed by atoms with Crippen LogP contribution in [0.2, 0.25) is 0 Å². The van der Waals surface area contributed by atoms with Crippen molar-refractivity contribution >= 4 is 17.2 Å². The van der Waals surface area contributed by atoms with Crippen molar-refractivity contribution in [1.29, 1.82) is 0 Å². The number of pyridine rings is 1. The summed E-state index contributed by atoms with van der Waals surface area (Å²) in [6.45, 7) is 0.944. The number of benzene rings is 1. The van der Waals surface area contributed by atoms with Crippen molar-refractivity contribution in [2.24, 2.45) is 0 Å². The number of fused-ring (bicyclic) bond motifs is 1. The molecule has 2 heterocycles. The summed E-state index contributed by atoms with van der Waals surface area (Å²) < 4.78 is 5.17. The van der Waals surface area contributed by atoms with Gasteiger partial charge in [0.05, 0.1) is 12.8 Å². The molecule has 4 heteroatoms. The van der Waals surface area contributed by atoms with Crippen LogP contribution in [0.25, 0.3) is 0 Å². The summed E-state index contributed by atoms with van der Waals surface area (Å²) >= 11 is 0. The van der Waals surface area contributed by atoms with E-state index in [1.807, 2.05) is 18.2 Å². The van der Waals surface area contributed by atoms with Gasteiger partial charge in [0.1, 0.15) is 5.82 Å². The summed E-state index contributed by atoms with van der Waals surface area (Å²) in [5.74, 6) is 1.36. The number of rotatable bonds is 2. The number of anilines is 3. The lowest BCUT2D eigenvalue weighted by Crippen LogP contribution is -2.15. The maximum atomic E-state index is 5.79. The van der Waals surface area contributed by atoms with Crippen LogP contribution >= 0.6 is 0 Å². The molecule has 0 atom stereocenters. The van der Waals surface area contributed by atoms with Crippen molar-refractivity contribution < 1.29 is 4.74 Å². The fraction of sp³-hybridized carbons (Fsp3) is 0.214. The lowest BCUT2D eigenvalue weighted by molar-refractivity contribution is 0.400. The third-order valence-electron chi connectivity index (χ3n) is 3.23. The lowest BCUT2D eigenvalue weighted by atomic mass is 10.2. The molecule has 3 rings (SSSR count). The van der Waals surface area contributed by atoms with E-state index < -0.39 is 0 Å². The highest BCUT2D eigenvalue weighted by Gasteiger charge is 2.21. The minimum atomic E-state index is 0.483. The summed E-state index contributed by atoms with van der Waals surface area (Å²) in [6, 6.07) is 12.2. The van der Waals surface area contributed by atoms with E-state index in [2.05, 4.69) is 28.1 Å². The number of aromatic nitrogens is 1. The van der Waals surface area contributed by atoms with E-state index in [0.717, 1.165) is 18.8 Å². The monoisotopic (exact) mass is 241 g/mol. The summed E-state index contributed by atoms with van der Waals surface area (Å²) in [7, 11) is 1.58. The van der Waals surface area contributed by atoms with Gasteiger partial charge < -0.3 is 15.4 Å². The zero-order valence-electron chi connectivity index (χ0n) is 10.3. The Morgan fingerprint density at radius 1 is 1.22 bits per heavy atom. The molecule has 1 aromatic heterocycles. The summed E-state index contributed by atoms with van der Waals surface area (Å²) in [5.41, 5.74) is 8.93. The third-order valence-corrected chi connectivity index (χ3v) is 3.23. The Kier molecular flexibility index (Phi) is 2.55. The minimum absolute atomic E-state index is 0.483. The zero-order chi connectivity index (χ0) is 12.5. The molecule has 2 aromatic rings. The fourth-order valence-corrected chi connectivity index (χ4v) is 2.33. The number of nitrogens with two attached hydrogens (primary N) is 1. The smallest absolute Gasteiger partial charge is 0.238 e. The third kappa shape index (κ3) is 1.66. The Balaban J connectivity index is 2.02. The van der Waals surface area contributed by atoms with Gasteiger partial charge in [-0.3, -0.25) is 0 Å². The van der Waals surface area contributed by atoms with Crippen molar-refractivity contribution in [3.8, 4) is 5.88 Å². The first-order valence-corrected chi connectivity index (χ1v) is 5.95. The molecule has 2 N–H and O–H groups in total. The highest BCUT2D eigenvalue weighted by atomic mass is 16.5. The summed E-state index contributed by atoms with van der Waals surface area (Å²) in [6.07, 6.45) is 1.05. The maximum Gasteiger partial charge on any atom is 0.238 e. The standard InChI is InChI=1S/C14H15N3O/c1-18-14-11(15)6-7-13(16-14)17-9-8-10-4-2-3-5-12(10)17/h2-7H,8-9,15H2,1H3. The summed E-state index contributed by atoms with van der Waals surface area (Å²) in [4.78, 5) is 6.64. The van der Waals surface area contributed by atoms with Gasteiger partial charge in [0.2, 0.25) is 5.88 Å². The topological polar surface area (TPSA) is 51.4 Å². The number of ether oxygens (including phenoxy) is 1. The van der Waals surface area contributed by atoms with Crippen LogP contribution in [0.5, 0.6) is 5.88 Å². The van der Waals surface area contributed by atoms with Gasteiger partial charge in [-0.15, -0.1) is 0 Å². The van der Waals surface area contributed by atoms with Crippen LogP contribution in [0.15, 0.2) is 36.4 Å². The predicted molar refractivity (Wildman–Crippen MR) is 72.4 cm³/mol. The van der Waals surface area contributed by atoms with Crippen LogP contribution in [0.4, 0.5) is 17.2 Å². The molecule has 0 saturated carbocycles. The molecule has 0 unspecified atom stereocenters. The predicted octanol–water partition coefficient (Wildman–Crippen LogP) is 2.37. The molecule has 0 amide bonds. The zero-order valence-corrected chi connectivity index (χ0v) is 10.3. The Hall–Kier alpha value is -2.23. The molecular formula is C14H15N3O. The molecule has 1 aliphatic heterocycles. The lowest BCUT2D eigenvalue weighted by Gasteiger charge is -2.19. The molecule has 0 saturated heterocycles. The number of nitrogen functional groups attached to an aromatic ring is 1. The SMILES string of the molecule is COc1nc(N2CCc3ccccc32)ccc1N. The van der Waals surface area contributed by atoms with Gasteiger partial charge in [0.25, 0.3) is 0 Å². The molecule has 92 valence electrons. The fourth-order valence-electron chi connectivity index (χ4n) is 2.33. The first-order valence-electron chi connectivity index (χ1n) is 5.95. The molecule has 0 aliphatic carbocycles. The largest absolute Gasteiger partial charge is 0.479 e. The van der Waals surface area contributed by atoms with Gasteiger partial charge in [-0.25, -0.2) is 0 Å². The van der Waals surface area contributed by atoms with Crippen LogP contribution in [0.3, 0.4) is 0 Å². The second kappa shape index (κ2) is 4.22. The Morgan fingerprint density at radius 3 is 2.89 bits per heavy atom. The summed E-state index contributed by atoms with van der Waals surface area (Å²) in [5, 5.41) is 0. The molecule has 1 aliphatic rings. The average Bonchev–Trinajstić information content (AvgIpc) is 2.83. The maximum absolute atomic E-state index is 5.79. The normalized spacial score (nSPS) is 13.5. The van der Waals surface area contributed by atoms with Crippen molar-refractivity contribution in [2.75, 3.05) is 24.3 Å². The number of hydrogen-bond acceptors (Lipinski definition) is 4. The van der Waals surface area contributed by atoms with Gasteiger partial charge in [-0.1, -0.05) is 18.2 Å². The van der Waals surface area contributed by atoms with E-state index in [4.69, 9.17) is 10.5 Å². The van der Waals surface area contributed by atoms with Crippen molar-refractivity contribution in [3.05, 3.63) is 42.0 Å². The molecule has 0 fully saturated rings. The molecule has 0 radical (unpaired) electrons. The molecule has 18 heavy (non-hydrogen) atoms. The van der Waals surface area contributed by atoms with Gasteiger partial charge in [0.15, 0.2) is 0 Å². The van der Waals surface area contributed by atoms with E-state index in [9.17, 15) is 0 Å². The van der Waals surface area contributed by atoms with E-state index in [1.165, 1.54) is 11.3 Å². The second-order valence-corrected chi connectivity index (χ2v) is 4.30. The van der Waals surface area contributed by atoms with Crippen molar-refractivity contribution in [2.45, 2.75) is 6.42 Å². The quantitative estimate of drug-likeness (QED) is 0.877. The van der Waals surface area contributed by atoms with Crippen LogP contribution in [-0.2, 0) is 6.42 Å². The number of para-hydroxylation sites is 1. The molecular weight excluding hydrogens is 226 g/mol. The van der Waals surface area contributed by atoms with Gasteiger partial charge >= 0.3 is 0 Å². The highest BCUT2D eigenvalue weighted by Crippen LogP contribution is 2.34. The van der Waals surface area contributed by atoms with Crippen molar-refractivity contribution in [3.63, 3.8) is 0 Å². The number of nitrogens with zero attached hydrogens (tertiary/aromatic N) is 2. The van der Waals surface area contributed by atoms with Crippen molar-refractivity contribution in [1.82, 2.24) is 4.98 Å². The Morgan fingerprint density at radius 2 is 2.06 bits per heavy atom. The minimum Gasteiger partial charge on any atom is -0.479 e. The Labute approximate surface area is 106 Å². The first-order chi connectivity index (χ1) is 8.79. The van der Waals surface area contributed by atoms with Crippen LogP contribution < -0.4 is 15.4 Å². The van der Waals surface area contributed by atoms with E-state index in [-0.39, 0.29) is 0 Å². The molecule has 1 aromatic carbocycles. The van der Waals surface area contributed by atoms with E-state index in [0.29, 0.717) is 11.6 Å². The van der Waals surface area contributed by atoms with Gasteiger partial charge in [0, 0.05) is 12.2 Å². The average molecular weight is 241 g/mol. The number of hydrogen-bond donors (Lipinski definition) is 1. The van der Waals surface area contributed by atoms with Crippen LogP contribution in [0.1, 0.15) is 5.56 Å². The molecule has 4 nitrogen and oxygen atoms in total. The molecule has 0 bridgehead atoms. The highest BCUT2D eigenvalue weighted by molar-refractivity contribution is 5.69. The Bertz CT molecular complexity index is 583. The first kappa shape index (κ1) is 10.9. The van der Waals surface area contributed by atoms with E-state index >= 15 is 0 Å². The van der Waals surface area contributed by atoms with Gasteiger partial charge in [-0.2, -0.15) is 4.98 Å². The van der Waals surface area contributed by atoms with E-state index in [1.54, 1.807) is 7.11 Å². The van der Waals surface area contributed by atoms with Crippen LogP contribution in [-0.4, -0.2) is 18.6 Å². The number of methoxy groups -OCH3 is 1. The molecule has 0 spiro atoms. The second-order valence-electron chi connectivity index (χ2n) is 4.30.